The lowest BCUT2D eigenvalue weighted by atomic mass is 10.3. The predicted octanol–water partition coefficient (Wildman–Crippen LogP) is 1.61. The first-order chi connectivity index (χ1) is 5.16. The molecule has 0 aliphatic rings. The maximum Gasteiger partial charge on any atom is 0.307 e. The van der Waals surface area contributed by atoms with Crippen LogP contribution in [0.5, 0.6) is 0 Å². The van der Waals surface area contributed by atoms with Gasteiger partial charge in [0.05, 0.1) is 19.6 Å². The zero-order valence-electron chi connectivity index (χ0n) is 6.96. The van der Waals surface area contributed by atoms with Crippen LogP contribution in [0.25, 0.3) is 0 Å². The highest BCUT2D eigenvalue weighted by atomic mass is 16.5. The van der Waals surface area contributed by atoms with Crippen LogP contribution in [-0.2, 0) is 14.3 Å². The minimum absolute atomic E-state index is 0.324. The second-order valence-corrected chi connectivity index (χ2v) is 2.01. The molecule has 0 bridgehead atoms. The molecule has 0 saturated heterocycles. The van der Waals surface area contributed by atoms with E-state index in [0.29, 0.717) is 0 Å². The largest absolute Gasteiger partial charge is 0.504 e. The molecule has 3 nitrogen and oxygen atoms in total. The molecule has 0 rings (SSSR count). The first-order valence-corrected chi connectivity index (χ1v) is 3.20. The molecule has 62 valence electrons. The first kappa shape index (κ1) is 9.75. The molecule has 0 saturated carbocycles. The van der Waals surface area contributed by atoms with Gasteiger partial charge in [0.15, 0.2) is 0 Å². The maximum atomic E-state index is 10.3. The van der Waals surface area contributed by atoms with E-state index in [9.17, 15) is 4.79 Å². The molecule has 11 heavy (non-hydrogen) atoms. The Labute approximate surface area is 66.3 Å². The van der Waals surface area contributed by atoms with Crippen molar-refractivity contribution in [3.63, 3.8) is 0 Å². The molecule has 3 heteroatoms. The molecule has 0 fully saturated rings. The van der Waals surface area contributed by atoms with Gasteiger partial charge in [0.2, 0.25) is 0 Å². The van der Waals surface area contributed by atoms with Gasteiger partial charge in [0.25, 0.3) is 0 Å². The van der Waals surface area contributed by atoms with E-state index in [0.717, 1.165) is 5.57 Å². The van der Waals surface area contributed by atoms with Crippen molar-refractivity contribution < 1.29 is 14.3 Å². The molecule has 0 aliphatic carbocycles. The Balaban J connectivity index is 3.81. The molecular formula is C8H12O3. The highest BCUT2D eigenvalue weighted by Crippen LogP contribution is 1.95. The van der Waals surface area contributed by atoms with Gasteiger partial charge in [-0.05, 0) is 18.6 Å². The maximum absolute atomic E-state index is 10.3. The fourth-order valence-corrected chi connectivity index (χ4v) is 0.391. The van der Waals surface area contributed by atoms with E-state index in [1.165, 1.54) is 19.4 Å². The number of ether oxygens (including phenoxy) is 2. The topological polar surface area (TPSA) is 35.5 Å². The summed E-state index contributed by atoms with van der Waals surface area (Å²) in [5, 5.41) is 0. The molecule has 0 N–H and O–H groups in total. The lowest BCUT2D eigenvalue weighted by Gasteiger charge is -1.93. The van der Waals surface area contributed by atoms with Crippen LogP contribution in [0, 0.1) is 0 Å². The smallest absolute Gasteiger partial charge is 0.307 e. The normalized spacial score (nSPS) is 11.7. The van der Waals surface area contributed by atoms with Crippen molar-refractivity contribution in [3.8, 4) is 0 Å². The average molecular weight is 156 g/mol. The molecule has 0 unspecified atom stereocenters. The van der Waals surface area contributed by atoms with Gasteiger partial charge in [-0.3, -0.25) is 4.79 Å². The Morgan fingerprint density at radius 1 is 1.36 bits per heavy atom. The lowest BCUT2D eigenvalue weighted by molar-refractivity contribution is -0.135. The fraction of sp³-hybridized carbons (Fsp3) is 0.375. The van der Waals surface area contributed by atoms with E-state index in [-0.39, 0.29) is 5.97 Å². The summed E-state index contributed by atoms with van der Waals surface area (Å²) in [5.74, 6) is -0.324. The van der Waals surface area contributed by atoms with Gasteiger partial charge in [0.1, 0.15) is 0 Å². The molecule has 0 spiro atoms. The minimum atomic E-state index is -0.324. The van der Waals surface area contributed by atoms with Crippen molar-refractivity contribution in [2.45, 2.75) is 13.8 Å². The Bertz CT molecular complexity index is 180. The zero-order chi connectivity index (χ0) is 8.69. The molecule has 0 aromatic rings. The van der Waals surface area contributed by atoms with Gasteiger partial charge >= 0.3 is 5.97 Å². The summed E-state index contributed by atoms with van der Waals surface area (Å²) in [7, 11) is 1.55. The van der Waals surface area contributed by atoms with Gasteiger partial charge in [-0.25, -0.2) is 0 Å². The van der Waals surface area contributed by atoms with Gasteiger partial charge in [-0.2, -0.15) is 0 Å². The van der Waals surface area contributed by atoms with Crippen molar-refractivity contribution in [1.82, 2.24) is 0 Å². The van der Waals surface area contributed by atoms with Crippen LogP contribution in [0.4, 0.5) is 0 Å². The predicted molar refractivity (Wildman–Crippen MR) is 41.7 cm³/mol. The summed E-state index contributed by atoms with van der Waals surface area (Å²) in [6, 6.07) is 0. The Morgan fingerprint density at radius 3 is 2.45 bits per heavy atom. The first-order valence-electron chi connectivity index (χ1n) is 3.20. The van der Waals surface area contributed by atoms with Crippen LogP contribution in [0.2, 0.25) is 0 Å². The van der Waals surface area contributed by atoms with E-state index in [2.05, 4.69) is 9.47 Å². The van der Waals surface area contributed by atoms with Crippen LogP contribution >= 0.6 is 0 Å². The van der Waals surface area contributed by atoms with Crippen LogP contribution in [-0.4, -0.2) is 13.1 Å². The standard InChI is InChI=1S/C8H12O3/c1-7(4-5-10-3)6-11-8(2)9/h4-6H,1-3H3/b5-4-,7-6+. The molecule has 0 aliphatic heterocycles. The minimum Gasteiger partial charge on any atom is -0.504 e. The molecule has 0 atom stereocenters. The van der Waals surface area contributed by atoms with Crippen LogP contribution in [0.3, 0.4) is 0 Å². The molecule has 0 amide bonds. The summed E-state index contributed by atoms with van der Waals surface area (Å²) >= 11 is 0. The number of allylic oxidation sites excluding steroid dienone is 2. The van der Waals surface area contributed by atoms with Crippen LogP contribution in [0.15, 0.2) is 24.2 Å². The fourth-order valence-electron chi connectivity index (χ4n) is 0.391. The third kappa shape index (κ3) is 6.64. The number of hydrogen-bond acceptors (Lipinski definition) is 3. The quantitative estimate of drug-likeness (QED) is 0.354. The van der Waals surface area contributed by atoms with Crippen LogP contribution in [0.1, 0.15) is 13.8 Å². The zero-order valence-corrected chi connectivity index (χ0v) is 6.96. The summed E-state index contributed by atoms with van der Waals surface area (Å²) < 4.78 is 9.25. The molecule has 0 aromatic carbocycles. The number of rotatable bonds is 3. The van der Waals surface area contributed by atoms with E-state index in [1.54, 1.807) is 20.1 Å². The van der Waals surface area contributed by atoms with Gasteiger partial charge in [0, 0.05) is 6.92 Å². The van der Waals surface area contributed by atoms with Crippen molar-refractivity contribution in [3.05, 3.63) is 24.2 Å². The Morgan fingerprint density at radius 2 is 2.00 bits per heavy atom. The monoisotopic (exact) mass is 156 g/mol. The summed E-state index contributed by atoms with van der Waals surface area (Å²) in [5.41, 5.74) is 0.821. The SMILES string of the molecule is CO/C=C\C(C)=C\OC(C)=O. The second kappa shape index (κ2) is 5.53. The summed E-state index contributed by atoms with van der Waals surface area (Å²) in [6.45, 7) is 3.16. The number of esters is 1. The van der Waals surface area contributed by atoms with E-state index >= 15 is 0 Å². The summed E-state index contributed by atoms with van der Waals surface area (Å²) in [4.78, 5) is 10.3. The van der Waals surface area contributed by atoms with Crippen molar-refractivity contribution in [2.75, 3.05) is 7.11 Å². The lowest BCUT2D eigenvalue weighted by Crippen LogP contribution is -1.90. The molecule has 0 aromatic heterocycles. The summed E-state index contributed by atoms with van der Waals surface area (Å²) in [6.07, 6.45) is 4.58. The Kier molecular flexibility index (Phi) is 4.90. The Hall–Kier alpha value is -1.25. The van der Waals surface area contributed by atoms with Crippen molar-refractivity contribution in [2.24, 2.45) is 0 Å². The van der Waals surface area contributed by atoms with Gasteiger partial charge in [-0.1, -0.05) is 0 Å². The number of carbonyl (C=O) groups excluding carboxylic acids is 1. The third-order valence-electron chi connectivity index (χ3n) is 0.878. The third-order valence-corrected chi connectivity index (χ3v) is 0.878. The second-order valence-electron chi connectivity index (χ2n) is 2.01. The number of hydrogen-bond donors (Lipinski definition) is 0. The van der Waals surface area contributed by atoms with E-state index in [1.807, 2.05) is 0 Å². The highest BCUT2D eigenvalue weighted by Gasteiger charge is 1.86. The van der Waals surface area contributed by atoms with Crippen LogP contribution < -0.4 is 0 Å². The van der Waals surface area contributed by atoms with Crippen molar-refractivity contribution >= 4 is 5.97 Å². The van der Waals surface area contributed by atoms with Crippen molar-refractivity contribution in [1.29, 1.82) is 0 Å². The number of methoxy groups -OCH3 is 1. The molecule has 0 radical (unpaired) electrons. The van der Waals surface area contributed by atoms with Gasteiger partial charge < -0.3 is 9.47 Å². The average Bonchev–Trinajstić information content (AvgIpc) is 1.97. The van der Waals surface area contributed by atoms with E-state index in [4.69, 9.17) is 0 Å². The molecule has 0 heterocycles. The molecular weight excluding hydrogens is 144 g/mol. The van der Waals surface area contributed by atoms with E-state index < -0.39 is 0 Å². The number of carbonyl (C=O) groups is 1. The highest BCUT2D eigenvalue weighted by molar-refractivity contribution is 5.66. The van der Waals surface area contributed by atoms with Gasteiger partial charge in [-0.15, -0.1) is 0 Å².